The molecule has 1 aromatic rings. The lowest BCUT2D eigenvalue weighted by atomic mass is 10.0. The van der Waals surface area contributed by atoms with E-state index in [-0.39, 0.29) is 20.9 Å². The molecule has 0 radical (unpaired) electrons. The first kappa shape index (κ1) is 24.8. The van der Waals surface area contributed by atoms with Gasteiger partial charge in [0.25, 0.3) is 11.8 Å². The van der Waals surface area contributed by atoms with Gasteiger partial charge in [0.2, 0.25) is 6.61 Å². The van der Waals surface area contributed by atoms with Gasteiger partial charge in [-0.15, -0.1) is 11.8 Å². The highest BCUT2D eigenvalue weighted by molar-refractivity contribution is 8.00. The van der Waals surface area contributed by atoms with E-state index < -0.39 is 53.1 Å². The number of halogens is 1. The van der Waals surface area contributed by atoms with E-state index in [4.69, 9.17) is 26.9 Å². The minimum absolute atomic E-state index is 0.0481. The molecule has 3 heterocycles. The van der Waals surface area contributed by atoms with Crippen LogP contribution >= 0.6 is 34.7 Å². The van der Waals surface area contributed by atoms with Crippen LogP contribution in [0.25, 0.3) is 0 Å². The molecule has 1 fully saturated rings. The third kappa shape index (κ3) is 5.57. The van der Waals surface area contributed by atoms with E-state index in [1.165, 1.54) is 17.8 Å². The van der Waals surface area contributed by atoms with Gasteiger partial charge in [0.1, 0.15) is 32.7 Å². The monoisotopic (exact) mass is 517 g/mol. The maximum absolute atomic E-state index is 13.0. The number of oxime groups is 1. The summed E-state index contributed by atoms with van der Waals surface area (Å²) in [4.78, 5) is 58.7. The van der Waals surface area contributed by atoms with Crippen molar-refractivity contribution in [3.63, 3.8) is 0 Å². The number of β-lactam (4-membered cyclic amide) rings is 1. The molecular weight excluding hydrogens is 498 g/mol. The number of nitrogens with zero attached hydrogens (tertiary/aromatic N) is 3. The van der Waals surface area contributed by atoms with E-state index in [0.717, 1.165) is 16.2 Å². The molecule has 1 unspecified atom stereocenters. The van der Waals surface area contributed by atoms with Crippen molar-refractivity contribution in [1.29, 1.82) is 0 Å². The summed E-state index contributed by atoms with van der Waals surface area (Å²) in [5.41, 5.74) is 4.27. The fourth-order valence-corrected chi connectivity index (χ4v) is 5.05. The molecule has 4 N–H and O–H groups in total. The van der Waals surface area contributed by atoms with Gasteiger partial charge < -0.3 is 25.7 Å². The van der Waals surface area contributed by atoms with Gasteiger partial charge in [-0.05, 0) is 26.8 Å². The standard InChI is InChI=1S/C18H20ClN5O7S2/c1-18(2,3)31-8(25)6-30-23-10(9-12(19)33-17(20)22-9)13(26)21-11-14(27)24-7(16(28)29)4-5-32-15(11)24/h4,11,15H,5-6H2,1-3H3,(H2,20,22)(H,21,26)(H,28,29)/b23-10+/t11?,15-/m1/s1. The topological polar surface area (TPSA) is 174 Å². The van der Waals surface area contributed by atoms with Crippen LogP contribution in [0.3, 0.4) is 0 Å². The molecule has 2 aliphatic heterocycles. The van der Waals surface area contributed by atoms with Gasteiger partial charge in [0.05, 0.1) is 0 Å². The molecule has 1 saturated heterocycles. The Morgan fingerprint density at radius 2 is 2.12 bits per heavy atom. The molecule has 1 aromatic heterocycles. The van der Waals surface area contributed by atoms with Crippen LogP contribution < -0.4 is 11.1 Å². The highest BCUT2D eigenvalue weighted by Crippen LogP contribution is 2.37. The number of carbonyl (C=O) groups is 4. The first-order chi connectivity index (χ1) is 15.4. The molecule has 2 amide bonds. The minimum Gasteiger partial charge on any atom is -0.477 e. The lowest BCUT2D eigenvalue weighted by Gasteiger charge is -2.48. The highest BCUT2D eigenvalue weighted by atomic mass is 35.5. The van der Waals surface area contributed by atoms with Gasteiger partial charge in [-0.3, -0.25) is 14.5 Å². The number of carboxylic acids is 1. The number of fused-ring (bicyclic) bond motifs is 1. The number of hydrogen-bond acceptors (Lipinski definition) is 11. The Bertz CT molecular complexity index is 1070. The molecule has 33 heavy (non-hydrogen) atoms. The summed E-state index contributed by atoms with van der Waals surface area (Å²) in [5.74, 6) is -3.05. The number of nitrogen functional groups attached to an aromatic ring is 1. The number of rotatable bonds is 7. The Kier molecular flexibility index (Phi) is 7.19. The van der Waals surface area contributed by atoms with Crippen LogP contribution in [-0.4, -0.2) is 73.8 Å². The van der Waals surface area contributed by atoms with E-state index in [9.17, 15) is 24.3 Å². The predicted molar refractivity (Wildman–Crippen MR) is 121 cm³/mol. The van der Waals surface area contributed by atoms with E-state index in [1.54, 1.807) is 20.8 Å². The number of thiazole rings is 1. The van der Waals surface area contributed by atoms with E-state index >= 15 is 0 Å². The molecule has 0 bridgehead atoms. The van der Waals surface area contributed by atoms with Crippen molar-refractivity contribution in [2.75, 3.05) is 18.1 Å². The van der Waals surface area contributed by atoms with Crippen molar-refractivity contribution >= 4 is 69.3 Å². The SMILES string of the molecule is CC(C)(C)OC(=O)CO/N=C(/C(=O)NC1C(=O)N2C(C(=O)O)=CCS[C@H]12)c1nc(N)sc1Cl. The van der Waals surface area contributed by atoms with Gasteiger partial charge in [0, 0.05) is 5.75 Å². The largest absolute Gasteiger partial charge is 0.477 e. The maximum atomic E-state index is 13.0. The summed E-state index contributed by atoms with van der Waals surface area (Å²) in [6.45, 7) is 4.45. The summed E-state index contributed by atoms with van der Waals surface area (Å²) in [5, 5.41) is 14.9. The smallest absolute Gasteiger partial charge is 0.352 e. The van der Waals surface area contributed by atoms with Crippen molar-refractivity contribution in [3.8, 4) is 0 Å². The third-order valence-electron chi connectivity index (χ3n) is 4.15. The summed E-state index contributed by atoms with van der Waals surface area (Å²) in [6.07, 6.45) is 1.43. The Labute approximate surface area is 201 Å². The molecule has 0 spiro atoms. The number of esters is 1. The number of carboxylic acid groups (broad SMARTS) is 1. The normalized spacial score (nSPS) is 20.4. The third-order valence-corrected chi connectivity index (χ3v) is 6.42. The molecule has 0 aliphatic carbocycles. The number of nitrogens with two attached hydrogens (primary N) is 1. The molecule has 2 atom stereocenters. The number of nitrogens with one attached hydrogen (secondary N) is 1. The van der Waals surface area contributed by atoms with Gasteiger partial charge in [-0.2, -0.15) is 0 Å². The highest BCUT2D eigenvalue weighted by Gasteiger charge is 2.53. The predicted octanol–water partition coefficient (Wildman–Crippen LogP) is 0.810. The van der Waals surface area contributed by atoms with Gasteiger partial charge >= 0.3 is 11.9 Å². The van der Waals surface area contributed by atoms with E-state index in [1.807, 2.05) is 0 Å². The average Bonchev–Trinajstić information content (AvgIpc) is 3.04. The van der Waals surface area contributed by atoms with E-state index in [2.05, 4.69) is 15.5 Å². The fraction of sp³-hybridized carbons (Fsp3) is 0.444. The Hall–Kier alpha value is -2.84. The van der Waals surface area contributed by atoms with Crippen molar-refractivity contribution in [1.82, 2.24) is 15.2 Å². The Morgan fingerprint density at radius 1 is 1.42 bits per heavy atom. The lowest BCUT2D eigenvalue weighted by molar-refractivity contribution is -0.160. The van der Waals surface area contributed by atoms with Crippen LogP contribution in [0, 0.1) is 0 Å². The van der Waals surface area contributed by atoms with Gasteiger partial charge in [-0.25, -0.2) is 14.6 Å². The van der Waals surface area contributed by atoms with Crippen molar-refractivity contribution in [3.05, 3.63) is 21.8 Å². The second-order valence-electron chi connectivity index (χ2n) is 7.75. The molecule has 3 rings (SSSR count). The number of carbonyl (C=O) groups excluding carboxylic acids is 3. The first-order valence-electron chi connectivity index (χ1n) is 9.42. The van der Waals surface area contributed by atoms with Crippen molar-refractivity contribution in [2.24, 2.45) is 5.16 Å². The molecule has 12 nitrogen and oxygen atoms in total. The molecular formula is C18H20ClN5O7S2. The number of ether oxygens (including phenoxy) is 1. The van der Waals surface area contributed by atoms with Crippen LogP contribution in [0.2, 0.25) is 4.34 Å². The zero-order valence-corrected chi connectivity index (χ0v) is 20.0. The molecule has 178 valence electrons. The number of amides is 2. The number of hydrogen-bond donors (Lipinski definition) is 3. The fourth-order valence-electron chi connectivity index (χ4n) is 2.92. The van der Waals surface area contributed by atoms with Crippen LogP contribution in [0.1, 0.15) is 26.5 Å². The number of aliphatic carboxylic acids is 1. The molecule has 0 aromatic carbocycles. The zero-order chi connectivity index (χ0) is 24.5. The van der Waals surface area contributed by atoms with Crippen molar-refractivity contribution < 1.29 is 33.9 Å². The maximum Gasteiger partial charge on any atom is 0.352 e. The minimum atomic E-state index is -1.24. The van der Waals surface area contributed by atoms with Crippen LogP contribution in [-0.2, 0) is 28.8 Å². The lowest BCUT2D eigenvalue weighted by Crippen LogP contribution is -2.70. The second-order valence-corrected chi connectivity index (χ2v) is 10.5. The number of thioether (sulfide) groups is 1. The molecule has 15 heteroatoms. The Balaban J connectivity index is 1.76. The van der Waals surface area contributed by atoms with Gasteiger partial charge in [0.15, 0.2) is 10.8 Å². The summed E-state index contributed by atoms with van der Waals surface area (Å²) < 4.78 is 5.16. The van der Waals surface area contributed by atoms with Gasteiger partial charge in [-0.1, -0.05) is 28.1 Å². The summed E-state index contributed by atoms with van der Waals surface area (Å²) in [6, 6.07) is -1.00. The first-order valence-corrected chi connectivity index (χ1v) is 11.7. The Morgan fingerprint density at radius 3 is 2.70 bits per heavy atom. The van der Waals surface area contributed by atoms with Crippen LogP contribution in [0.4, 0.5) is 5.13 Å². The number of anilines is 1. The second kappa shape index (κ2) is 9.57. The number of aromatic nitrogens is 1. The summed E-state index contributed by atoms with van der Waals surface area (Å²) in [7, 11) is 0. The van der Waals surface area contributed by atoms with E-state index in [0.29, 0.717) is 5.75 Å². The average molecular weight is 518 g/mol. The molecule has 0 saturated carbocycles. The van der Waals surface area contributed by atoms with Crippen LogP contribution in [0.15, 0.2) is 16.9 Å². The van der Waals surface area contributed by atoms with Crippen molar-refractivity contribution in [2.45, 2.75) is 37.8 Å². The summed E-state index contributed by atoms with van der Waals surface area (Å²) >= 11 is 8.29. The molecule has 2 aliphatic rings. The zero-order valence-electron chi connectivity index (χ0n) is 17.7. The quantitative estimate of drug-likeness (QED) is 0.203. The van der Waals surface area contributed by atoms with Crippen LogP contribution in [0.5, 0.6) is 0 Å².